The second-order valence-electron chi connectivity index (χ2n) is 5.41. The van der Waals surface area contributed by atoms with E-state index in [0.29, 0.717) is 16.6 Å². The van der Waals surface area contributed by atoms with E-state index in [2.05, 4.69) is 10.4 Å². The third kappa shape index (κ3) is 3.27. The number of halogens is 1. The monoisotopic (exact) mass is 303 g/mol. The maximum absolute atomic E-state index is 12.3. The molecule has 0 saturated heterocycles. The minimum atomic E-state index is -0.135. The lowest BCUT2D eigenvalue weighted by molar-refractivity contribution is 0.102. The van der Waals surface area contributed by atoms with Crippen LogP contribution in [0, 0.1) is 0 Å². The molecule has 0 radical (unpaired) electrons. The summed E-state index contributed by atoms with van der Waals surface area (Å²) in [5.74, 6) is 0.631. The summed E-state index contributed by atoms with van der Waals surface area (Å²) in [5, 5.41) is 7.95. The van der Waals surface area contributed by atoms with Crippen LogP contribution in [0.2, 0.25) is 5.02 Å². The smallest absolute Gasteiger partial charge is 0.256 e. The number of amides is 1. The maximum Gasteiger partial charge on any atom is 0.256 e. The summed E-state index contributed by atoms with van der Waals surface area (Å²) in [6.07, 6.45) is 7.76. The predicted octanol–water partition coefficient (Wildman–Crippen LogP) is 4.29. The number of nitrogens with zero attached hydrogens (tertiary/aromatic N) is 2. The molecule has 1 fully saturated rings. The molecule has 3 rings (SSSR count). The molecule has 1 aromatic heterocycles. The first-order chi connectivity index (χ1) is 10.2. The Morgan fingerprint density at radius 3 is 2.57 bits per heavy atom. The van der Waals surface area contributed by atoms with Gasteiger partial charge in [0.1, 0.15) is 5.82 Å². The molecule has 5 heteroatoms. The van der Waals surface area contributed by atoms with Gasteiger partial charge in [0.25, 0.3) is 5.91 Å². The Kier molecular flexibility index (Phi) is 4.25. The zero-order valence-corrected chi connectivity index (χ0v) is 12.5. The Morgan fingerprint density at radius 2 is 1.86 bits per heavy atom. The lowest BCUT2D eigenvalue weighted by atomic mass is 9.96. The minimum Gasteiger partial charge on any atom is -0.307 e. The van der Waals surface area contributed by atoms with E-state index in [9.17, 15) is 4.79 Å². The summed E-state index contributed by atoms with van der Waals surface area (Å²) in [6.45, 7) is 0. The fourth-order valence-electron chi connectivity index (χ4n) is 2.82. The van der Waals surface area contributed by atoms with Crippen molar-refractivity contribution in [1.29, 1.82) is 0 Å². The number of anilines is 1. The van der Waals surface area contributed by atoms with Gasteiger partial charge >= 0.3 is 0 Å². The van der Waals surface area contributed by atoms with E-state index in [-0.39, 0.29) is 5.91 Å². The molecule has 110 valence electrons. The number of aromatic nitrogens is 2. The van der Waals surface area contributed by atoms with E-state index in [1.165, 1.54) is 19.3 Å². The van der Waals surface area contributed by atoms with Crippen LogP contribution in [0.15, 0.2) is 36.5 Å². The molecule has 1 heterocycles. The predicted molar refractivity (Wildman–Crippen MR) is 83.8 cm³/mol. The van der Waals surface area contributed by atoms with Gasteiger partial charge in [0.15, 0.2) is 0 Å². The molecule has 0 unspecified atom stereocenters. The van der Waals surface area contributed by atoms with Crippen molar-refractivity contribution in [2.24, 2.45) is 0 Å². The highest BCUT2D eigenvalue weighted by atomic mass is 35.5. The van der Waals surface area contributed by atoms with Crippen molar-refractivity contribution >= 4 is 23.3 Å². The number of carbonyl (C=O) groups is 1. The van der Waals surface area contributed by atoms with Crippen LogP contribution in [0.4, 0.5) is 5.82 Å². The number of hydrogen-bond acceptors (Lipinski definition) is 2. The van der Waals surface area contributed by atoms with Crippen LogP contribution in [0.25, 0.3) is 0 Å². The molecule has 0 bridgehead atoms. The van der Waals surface area contributed by atoms with Gasteiger partial charge in [-0.25, -0.2) is 4.68 Å². The zero-order chi connectivity index (χ0) is 14.7. The van der Waals surface area contributed by atoms with Crippen LogP contribution < -0.4 is 5.32 Å². The van der Waals surface area contributed by atoms with Crippen LogP contribution in [0.1, 0.15) is 48.5 Å². The van der Waals surface area contributed by atoms with Crippen molar-refractivity contribution in [3.8, 4) is 0 Å². The third-order valence-electron chi connectivity index (χ3n) is 3.94. The summed E-state index contributed by atoms with van der Waals surface area (Å²) >= 11 is 5.84. The number of hydrogen-bond donors (Lipinski definition) is 1. The molecular formula is C16H18ClN3O. The Morgan fingerprint density at radius 1 is 1.14 bits per heavy atom. The Hall–Kier alpha value is -1.81. The Bertz CT molecular complexity index is 615. The molecule has 4 nitrogen and oxygen atoms in total. The van der Waals surface area contributed by atoms with Gasteiger partial charge in [-0.1, -0.05) is 30.9 Å². The van der Waals surface area contributed by atoms with Gasteiger partial charge in [-0.3, -0.25) is 4.79 Å². The van der Waals surface area contributed by atoms with E-state index < -0.39 is 0 Å². The fourth-order valence-corrected chi connectivity index (χ4v) is 2.95. The number of nitrogens with one attached hydrogen (secondary N) is 1. The molecular weight excluding hydrogens is 286 g/mol. The second-order valence-corrected chi connectivity index (χ2v) is 5.85. The summed E-state index contributed by atoms with van der Waals surface area (Å²) < 4.78 is 1.95. The lowest BCUT2D eigenvalue weighted by Gasteiger charge is -2.23. The largest absolute Gasteiger partial charge is 0.307 e. The van der Waals surface area contributed by atoms with Gasteiger partial charge in [0, 0.05) is 16.7 Å². The molecule has 1 aliphatic carbocycles. The van der Waals surface area contributed by atoms with Crippen molar-refractivity contribution in [3.63, 3.8) is 0 Å². The summed E-state index contributed by atoms with van der Waals surface area (Å²) in [6, 6.07) is 9.12. The molecule has 0 atom stereocenters. The average molecular weight is 304 g/mol. The molecule has 21 heavy (non-hydrogen) atoms. The fraction of sp³-hybridized carbons (Fsp3) is 0.375. The van der Waals surface area contributed by atoms with Crippen LogP contribution >= 0.6 is 11.6 Å². The molecule has 1 saturated carbocycles. The molecule has 2 aromatic rings. The number of carbonyl (C=O) groups excluding carboxylic acids is 1. The van der Waals surface area contributed by atoms with Crippen molar-refractivity contribution in [2.45, 2.75) is 38.1 Å². The lowest BCUT2D eigenvalue weighted by Crippen LogP contribution is -2.20. The first-order valence-corrected chi connectivity index (χ1v) is 7.72. The van der Waals surface area contributed by atoms with Crippen molar-refractivity contribution < 1.29 is 4.79 Å². The van der Waals surface area contributed by atoms with Crippen LogP contribution in [-0.2, 0) is 0 Å². The first-order valence-electron chi connectivity index (χ1n) is 7.34. The van der Waals surface area contributed by atoms with Gasteiger partial charge in [-0.15, -0.1) is 0 Å². The highest BCUT2D eigenvalue weighted by Crippen LogP contribution is 2.30. The number of rotatable bonds is 3. The second kappa shape index (κ2) is 6.31. The normalized spacial score (nSPS) is 15.9. The summed E-state index contributed by atoms with van der Waals surface area (Å²) in [5.41, 5.74) is 0.593. The first kappa shape index (κ1) is 14.1. The highest BCUT2D eigenvalue weighted by Gasteiger charge is 2.19. The van der Waals surface area contributed by atoms with Crippen molar-refractivity contribution in [2.75, 3.05) is 5.32 Å². The Labute approximate surface area is 129 Å². The average Bonchev–Trinajstić information content (AvgIpc) is 2.97. The molecule has 0 spiro atoms. The van der Waals surface area contributed by atoms with E-state index in [4.69, 9.17) is 11.6 Å². The zero-order valence-electron chi connectivity index (χ0n) is 11.8. The standard InChI is InChI=1S/C16H18ClN3O/c17-13-8-6-12(7-9-13)16(21)19-15-10-11-18-20(15)14-4-2-1-3-5-14/h6-11,14H,1-5H2,(H,19,21). The topological polar surface area (TPSA) is 46.9 Å². The molecule has 0 aliphatic heterocycles. The van der Waals surface area contributed by atoms with Crippen molar-refractivity contribution in [1.82, 2.24) is 9.78 Å². The van der Waals surface area contributed by atoms with Crippen LogP contribution in [0.5, 0.6) is 0 Å². The van der Waals surface area contributed by atoms with Crippen LogP contribution in [0.3, 0.4) is 0 Å². The molecule has 1 amide bonds. The summed E-state index contributed by atoms with van der Waals surface area (Å²) in [7, 11) is 0. The van der Waals surface area contributed by atoms with Gasteiger partial charge in [-0.05, 0) is 37.1 Å². The number of benzene rings is 1. The Balaban J connectivity index is 1.74. The maximum atomic E-state index is 12.3. The van der Waals surface area contributed by atoms with E-state index in [0.717, 1.165) is 18.7 Å². The van der Waals surface area contributed by atoms with Crippen molar-refractivity contribution in [3.05, 3.63) is 47.1 Å². The van der Waals surface area contributed by atoms with Gasteiger partial charge < -0.3 is 5.32 Å². The van der Waals surface area contributed by atoms with Gasteiger partial charge in [-0.2, -0.15) is 5.10 Å². The molecule has 1 N–H and O–H groups in total. The van der Waals surface area contributed by atoms with Crippen LogP contribution in [-0.4, -0.2) is 15.7 Å². The molecule has 1 aromatic carbocycles. The molecule has 1 aliphatic rings. The quantitative estimate of drug-likeness (QED) is 0.919. The van der Waals surface area contributed by atoms with E-state index >= 15 is 0 Å². The SMILES string of the molecule is O=C(Nc1ccnn1C1CCCCC1)c1ccc(Cl)cc1. The summed E-state index contributed by atoms with van der Waals surface area (Å²) in [4.78, 5) is 12.3. The highest BCUT2D eigenvalue weighted by molar-refractivity contribution is 6.30. The van der Waals surface area contributed by atoms with E-state index in [1.54, 1.807) is 30.5 Å². The third-order valence-corrected chi connectivity index (χ3v) is 4.19. The minimum absolute atomic E-state index is 0.135. The van der Waals surface area contributed by atoms with Gasteiger partial charge in [0.2, 0.25) is 0 Å². The van der Waals surface area contributed by atoms with Gasteiger partial charge in [0.05, 0.1) is 12.2 Å². The van der Waals surface area contributed by atoms with E-state index in [1.807, 2.05) is 10.7 Å².